The summed E-state index contributed by atoms with van der Waals surface area (Å²) in [6, 6.07) is 15.2. The molecule has 0 radical (unpaired) electrons. The molecule has 1 N–H and O–H groups in total. The number of carbonyl (C=O) groups is 1. The van der Waals surface area contributed by atoms with Crippen molar-refractivity contribution >= 4 is 16.7 Å². The summed E-state index contributed by atoms with van der Waals surface area (Å²) in [7, 11) is 1.63. The third-order valence-electron chi connectivity index (χ3n) is 6.02. The molecule has 0 aliphatic carbocycles. The molecule has 1 amide bonds. The van der Waals surface area contributed by atoms with Crippen LogP contribution in [0.15, 0.2) is 53.3 Å². The molecule has 0 atom stereocenters. The Morgan fingerprint density at radius 3 is 2.47 bits per heavy atom. The minimum atomic E-state index is -0.0746. The van der Waals surface area contributed by atoms with E-state index in [1.807, 2.05) is 48.5 Å². The van der Waals surface area contributed by atoms with Crippen LogP contribution < -0.4 is 15.6 Å². The van der Waals surface area contributed by atoms with Crippen molar-refractivity contribution in [3.05, 3.63) is 70.1 Å². The molecule has 3 aromatic rings. The second kappa shape index (κ2) is 10.4. The summed E-state index contributed by atoms with van der Waals surface area (Å²) in [6.45, 7) is 3.84. The second-order valence-electron chi connectivity index (χ2n) is 8.19. The zero-order valence-electron chi connectivity index (χ0n) is 18.5. The number of likely N-dealkylation sites (tertiary alicyclic amines) is 1. The van der Waals surface area contributed by atoms with E-state index in [9.17, 15) is 9.59 Å². The van der Waals surface area contributed by atoms with Crippen LogP contribution in [-0.2, 0) is 24.3 Å². The van der Waals surface area contributed by atoms with Crippen LogP contribution in [0.4, 0.5) is 0 Å². The molecule has 1 fully saturated rings. The maximum absolute atomic E-state index is 12.9. The van der Waals surface area contributed by atoms with Gasteiger partial charge in [-0.2, -0.15) is 5.10 Å². The number of fused-ring (bicyclic) bond motifs is 1. The van der Waals surface area contributed by atoms with Gasteiger partial charge in [0.25, 0.3) is 5.56 Å². The SMILES string of the molecule is COc1ccc(CCC(=O)NCc2nn(CCN3CCCC3)c(=O)c3ccccc23)cc1. The first-order chi connectivity index (χ1) is 15.6. The molecule has 4 rings (SSSR count). The molecule has 1 aliphatic rings. The molecule has 1 saturated heterocycles. The van der Waals surface area contributed by atoms with Gasteiger partial charge in [0, 0.05) is 18.4 Å². The van der Waals surface area contributed by atoms with Crippen molar-refractivity contribution in [2.45, 2.75) is 38.8 Å². The van der Waals surface area contributed by atoms with Crippen LogP contribution in [0.25, 0.3) is 10.8 Å². The number of aryl methyl sites for hydroxylation is 1. The predicted octanol–water partition coefficient (Wildman–Crippen LogP) is 2.75. The van der Waals surface area contributed by atoms with E-state index < -0.39 is 0 Å². The highest BCUT2D eigenvalue weighted by Gasteiger charge is 2.14. The fourth-order valence-corrected chi connectivity index (χ4v) is 4.15. The highest BCUT2D eigenvalue weighted by molar-refractivity contribution is 5.84. The van der Waals surface area contributed by atoms with Gasteiger partial charge in [-0.1, -0.05) is 30.3 Å². The predicted molar refractivity (Wildman–Crippen MR) is 125 cm³/mol. The lowest BCUT2D eigenvalue weighted by Crippen LogP contribution is -2.32. The number of benzene rings is 2. The Morgan fingerprint density at radius 1 is 1.03 bits per heavy atom. The molecule has 1 aromatic heterocycles. The van der Waals surface area contributed by atoms with Crippen LogP contribution in [0, 0.1) is 0 Å². The van der Waals surface area contributed by atoms with Gasteiger partial charge in [-0.15, -0.1) is 0 Å². The molecule has 1 aliphatic heterocycles. The Balaban J connectivity index is 1.42. The molecule has 2 aromatic carbocycles. The number of ether oxygens (including phenoxy) is 1. The molecule has 7 nitrogen and oxygen atoms in total. The van der Waals surface area contributed by atoms with Crippen LogP contribution in [0.1, 0.15) is 30.5 Å². The van der Waals surface area contributed by atoms with Gasteiger partial charge in [0.2, 0.25) is 5.91 Å². The lowest BCUT2D eigenvalue weighted by Gasteiger charge is -2.16. The van der Waals surface area contributed by atoms with E-state index in [1.165, 1.54) is 12.8 Å². The van der Waals surface area contributed by atoms with E-state index in [4.69, 9.17) is 4.74 Å². The highest BCUT2D eigenvalue weighted by Crippen LogP contribution is 2.15. The van der Waals surface area contributed by atoms with Gasteiger partial charge in [-0.05, 0) is 56.1 Å². The average molecular weight is 435 g/mol. The molecule has 0 saturated carbocycles. The number of amides is 1. The summed E-state index contributed by atoms with van der Waals surface area (Å²) in [4.78, 5) is 27.7. The summed E-state index contributed by atoms with van der Waals surface area (Å²) in [6.07, 6.45) is 3.47. The molecule has 168 valence electrons. The van der Waals surface area contributed by atoms with E-state index in [0.717, 1.165) is 42.0 Å². The van der Waals surface area contributed by atoms with Crippen molar-refractivity contribution in [3.63, 3.8) is 0 Å². The fraction of sp³-hybridized carbons (Fsp3) is 0.400. The second-order valence-corrected chi connectivity index (χ2v) is 8.19. The molecule has 7 heteroatoms. The van der Waals surface area contributed by atoms with E-state index in [1.54, 1.807) is 11.8 Å². The maximum Gasteiger partial charge on any atom is 0.274 e. The monoisotopic (exact) mass is 434 g/mol. The Bertz CT molecular complexity index is 1120. The van der Waals surface area contributed by atoms with Crippen LogP contribution in [0.5, 0.6) is 5.75 Å². The number of rotatable bonds is 9. The van der Waals surface area contributed by atoms with Gasteiger partial charge in [0.1, 0.15) is 5.75 Å². The first-order valence-electron chi connectivity index (χ1n) is 11.2. The van der Waals surface area contributed by atoms with Gasteiger partial charge >= 0.3 is 0 Å². The van der Waals surface area contributed by atoms with Gasteiger partial charge < -0.3 is 15.0 Å². The van der Waals surface area contributed by atoms with Crippen molar-refractivity contribution < 1.29 is 9.53 Å². The van der Waals surface area contributed by atoms with E-state index in [-0.39, 0.29) is 11.5 Å². The van der Waals surface area contributed by atoms with Gasteiger partial charge in [0.05, 0.1) is 31.3 Å². The minimum Gasteiger partial charge on any atom is -0.497 e. The smallest absolute Gasteiger partial charge is 0.274 e. The normalized spacial score (nSPS) is 14.0. The maximum atomic E-state index is 12.9. The summed E-state index contributed by atoms with van der Waals surface area (Å²) in [5.74, 6) is 0.762. The van der Waals surface area contributed by atoms with E-state index in [0.29, 0.717) is 31.3 Å². The Labute approximate surface area is 188 Å². The van der Waals surface area contributed by atoms with Crippen molar-refractivity contribution in [3.8, 4) is 5.75 Å². The van der Waals surface area contributed by atoms with Gasteiger partial charge in [-0.3, -0.25) is 9.59 Å². The van der Waals surface area contributed by atoms with Crippen LogP contribution in [0.2, 0.25) is 0 Å². The Morgan fingerprint density at radius 2 is 1.75 bits per heavy atom. The lowest BCUT2D eigenvalue weighted by molar-refractivity contribution is -0.121. The number of aromatic nitrogens is 2. The lowest BCUT2D eigenvalue weighted by atomic mass is 10.1. The van der Waals surface area contributed by atoms with Crippen LogP contribution in [-0.4, -0.2) is 47.3 Å². The average Bonchev–Trinajstić information content (AvgIpc) is 3.36. The first kappa shape index (κ1) is 22.0. The third kappa shape index (κ3) is 5.34. The number of methoxy groups -OCH3 is 1. The van der Waals surface area contributed by atoms with Crippen LogP contribution >= 0.6 is 0 Å². The highest BCUT2D eigenvalue weighted by atomic mass is 16.5. The van der Waals surface area contributed by atoms with E-state index >= 15 is 0 Å². The third-order valence-corrected chi connectivity index (χ3v) is 6.02. The van der Waals surface area contributed by atoms with Crippen LogP contribution in [0.3, 0.4) is 0 Å². The summed E-state index contributed by atoms with van der Waals surface area (Å²) in [5, 5.41) is 9.04. The number of hydrogen-bond acceptors (Lipinski definition) is 5. The number of carbonyl (C=O) groups excluding carboxylic acids is 1. The molecule has 0 spiro atoms. The van der Waals surface area contributed by atoms with E-state index in [2.05, 4.69) is 15.3 Å². The molecule has 0 unspecified atom stereocenters. The molecule has 32 heavy (non-hydrogen) atoms. The number of hydrogen-bond donors (Lipinski definition) is 1. The standard InChI is InChI=1S/C25H30N4O3/c1-32-20-11-8-19(9-12-20)10-13-24(30)26-18-23-21-6-2-3-7-22(21)25(31)29(27-23)17-16-28-14-4-5-15-28/h2-3,6-9,11-12H,4-5,10,13-18H2,1H3,(H,26,30). The Hall–Kier alpha value is -3.19. The summed E-state index contributed by atoms with van der Waals surface area (Å²) in [5.41, 5.74) is 1.73. The fourth-order valence-electron chi connectivity index (χ4n) is 4.15. The van der Waals surface area contributed by atoms with Gasteiger partial charge in [0.15, 0.2) is 0 Å². The molecule has 2 heterocycles. The zero-order chi connectivity index (χ0) is 22.3. The molecular formula is C25H30N4O3. The first-order valence-corrected chi connectivity index (χ1v) is 11.2. The molecular weight excluding hydrogens is 404 g/mol. The topological polar surface area (TPSA) is 76.5 Å². The van der Waals surface area contributed by atoms with Crippen molar-refractivity contribution in [2.24, 2.45) is 0 Å². The van der Waals surface area contributed by atoms with Crippen molar-refractivity contribution in [1.82, 2.24) is 20.0 Å². The number of nitrogens with zero attached hydrogens (tertiary/aromatic N) is 3. The van der Waals surface area contributed by atoms with Crippen molar-refractivity contribution in [2.75, 3.05) is 26.7 Å². The van der Waals surface area contributed by atoms with Crippen molar-refractivity contribution in [1.29, 1.82) is 0 Å². The minimum absolute atomic E-state index is 0.0403. The summed E-state index contributed by atoms with van der Waals surface area (Å²) < 4.78 is 6.72. The summed E-state index contributed by atoms with van der Waals surface area (Å²) >= 11 is 0. The van der Waals surface area contributed by atoms with Gasteiger partial charge in [-0.25, -0.2) is 4.68 Å². The largest absolute Gasteiger partial charge is 0.497 e. The molecule has 0 bridgehead atoms. The Kier molecular flexibility index (Phi) is 7.17. The zero-order valence-corrected chi connectivity index (χ0v) is 18.5. The number of nitrogens with one attached hydrogen (secondary N) is 1. The quantitative estimate of drug-likeness (QED) is 0.560.